The van der Waals surface area contributed by atoms with Crippen LogP contribution in [0.1, 0.15) is 5.56 Å². The van der Waals surface area contributed by atoms with Crippen LogP contribution in [0.2, 0.25) is 5.02 Å². The summed E-state index contributed by atoms with van der Waals surface area (Å²) in [6.45, 7) is 0.336. The molecule has 0 bridgehead atoms. The number of amides is 2. The fraction of sp³-hybridized carbons (Fsp3) is 0.222. The summed E-state index contributed by atoms with van der Waals surface area (Å²) in [6.07, 6.45) is 0.596. The van der Waals surface area contributed by atoms with Gasteiger partial charge >= 0.3 is 11.8 Å². The molecule has 2 aromatic carbocycles. The Labute approximate surface area is 151 Å². The Morgan fingerprint density at radius 1 is 1.00 bits per heavy atom. The van der Waals surface area contributed by atoms with Gasteiger partial charge in [0.2, 0.25) is 0 Å². The number of hydrogen-bond donors (Lipinski definition) is 2. The van der Waals surface area contributed by atoms with E-state index in [1.54, 1.807) is 30.3 Å². The van der Waals surface area contributed by atoms with Crippen LogP contribution in [-0.2, 0) is 16.0 Å². The average molecular weight is 363 g/mol. The van der Waals surface area contributed by atoms with E-state index in [-0.39, 0.29) is 0 Å². The highest BCUT2D eigenvalue weighted by atomic mass is 35.5. The molecule has 0 spiro atoms. The quantitative estimate of drug-likeness (QED) is 0.774. The van der Waals surface area contributed by atoms with Crippen LogP contribution in [0.3, 0.4) is 0 Å². The molecule has 0 aliphatic rings. The van der Waals surface area contributed by atoms with Crippen LogP contribution in [0.25, 0.3) is 0 Å². The molecule has 0 atom stereocenters. The summed E-state index contributed by atoms with van der Waals surface area (Å²) in [6, 6.07) is 12.2. The van der Waals surface area contributed by atoms with Gasteiger partial charge in [-0.15, -0.1) is 0 Å². The van der Waals surface area contributed by atoms with E-state index < -0.39 is 11.8 Å². The number of methoxy groups -OCH3 is 2. The predicted octanol–water partition coefficient (Wildman–Crippen LogP) is 2.65. The maximum atomic E-state index is 12.0. The van der Waals surface area contributed by atoms with Gasteiger partial charge in [0, 0.05) is 17.6 Å². The largest absolute Gasteiger partial charge is 0.497 e. The molecule has 2 N–H and O–H groups in total. The second-order valence-electron chi connectivity index (χ2n) is 5.15. The minimum Gasteiger partial charge on any atom is -0.497 e. The van der Waals surface area contributed by atoms with Crippen molar-refractivity contribution in [1.29, 1.82) is 0 Å². The molecule has 0 aromatic heterocycles. The fourth-order valence-corrected chi connectivity index (χ4v) is 2.27. The third-order valence-corrected chi connectivity index (χ3v) is 3.73. The molecule has 0 fully saturated rings. The van der Waals surface area contributed by atoms with Gasteiger partial charge < -0.3 is 20.1 Å². The van der Waals surface area contributed by atoms with Crippen LogP contribution in [0.5, 0.6) is 11.5 Å². The van der Waals surface area contributed by atoms with Crippen molar-refractivity contribution in [2.45, 2.75) is 6.42 Å². The summed E-state index contributed by atoms with van der Waals surface area (Å²) in [5, 5.41) is 5.75. The maximum absolute atomic E-state index is 12.0. The number of anilines is 1. The van der Waals surface area contributed by atoms with Crippen molar-refractivity contribution in [2.24, 2.45) is 0 Å². The second-order valence-corrected chi connectivity index (χ2v) is 5.59. The zero-order chi connectivity index (χ0) is 18.2. The highest BCUT2D eigenvalue weighted by molar-refractivity contribution is 6.39. The van der Waals surface area contributed by atoms with Crippen LogP contribution in [0.4, 0.5) is 5.69 Å². The Morgan fingerprint density at radius 3 is 2.36 bits per heavy atom. The van der Waals surface area contributed by atoms with Gasteiger partial charge in [-0.25, -0.2) is 0 Å². The molecule has 7 heteroatoms. The van der Waals surface area contributed by atoms with Crippen LogP contribution in [0.15, 0.2) is 42.5 Å². The van der Waals surface area contributed by atoms with E-state index >= 15 is 0 Å². The smallest absolute Gasteiger partial charge is 0.313 e. The molecule has 25 heavy (non-hydrogen) atoms. The van der Waals surface area contributed by atoms with Gasteiger partial charge in [-0.2, -0.15) is 0 Å². The van der Waals surface area contributed by atoms with E-state index in [1.807, 2.05) is 12.1 Å². The summed E-state index contributed by atoms with van der Waals surface area (Å²) < 4.78 is 10.3. The van der Waals surface area contributed by atoms with Gasteiger partial charge in [-0.1, -0.05) is 23.7 Å². The number of rotatable bonds is 6. The van der Waals surface area contributed by atoms with Crippen molar-refractivity contribution in [2.75, 3.05) is 26.1 Å². The molecule has 0 radical (unpaired) electrons. The number of ether oxygens (including phenoxy) is 2. The molecule has 0 aliphatic carbocycles. The summed E-state index contributed by atoms with van der Waals surface area (Å²) in [5.74, 6) is -0.524. The molecule has 0 saturated heterocycles. The van der Waals surface area contributed by atoms with Crippen molar-refractivity contribution in [1.82, 2.24) is 5.32 Å². The average Bonchev–Trinajstić information content (AvgIpc) is 2.63. The van der Waals surface area contributed by atoms with E-state index in [9.17, 15) is 9.59 Å². The number of benzene rings is 2. The first-order chi connectivity index (χ1) is 12.0. The third-order valence-electron chi connectivity index (χ3n) is 3.47. The first kappa shape index (κ1) is 18.6. The van der Waals surface area contributed by atoms with Gasteiger partial charge in [0.1, 0.15) is 11.5 Å². The molecule has 6 nitrogen and oxygen atoms in total. The molecule has 0 aliphatic heterocycles. The molecule has 0 saturated carbocycles. The van der Waals surface area contributed by atoms with Crippen molar-refractivity contribution in [3.8, 4) is 11.5 Å². The number of nitrogens with one attached hydrogen (secondary N) is 2. The molecule has 2 amide bonds. The molecule has 2 aromatic rings. The Morgan fingerprint density at radius 2 is 1.72 bits per heavy atom. The minimum absolute atomic E-state index is 0.336. The SMILES string of the molecule is COc1ccc(OC)c(NC(=O)C(=O)NCCc2ccc(Cl)cc2)c1. The summed E-state index contributed by atoms with van der Waals surface area (Å²) >= 11 is 5.82. The lowest BCUT2D eigenvalue weighted by Crippen LogP contribution is -2.36. The lowest BCUT2D eigenvalue weighted by molar-refractivity contribution is -0.136. The highest BCUT2D eigenvalue weighted by Crippen LogP contribution is 2.28. The monoisotopic (exact) mass is 362 g/mol. The van der Waals surface area contributed by atoms with Gasteiger partial charge in [0.25, 0.3) is 0 Å². The lowest BCUT2D eigenvalue weighted by Gasteiger charge is -2.11. The van der Waals surface area contributed by atoms with Gasteiger partial charge in [0.05, 0.1) is 19.9 Å². The van der Waals surface area contributed by atoms with Crippen molar-refractivity contribution in [3.05, 3.63) is 53.1 Å². The van der Waals surface area contributed by atoms with E-state index in [1.165, 1.54) is 14.2 Å². The highest BCUT2D eigenvalue weighted by Gasteiger charge is 2.16. The third kappa shape index (κ3) is 5.39. The molecule has 132 valence electrons. The standard InChI is InChI=1S/C18H19ClN2O4/c1-24-14-7-8-16(25-2)15(11-14)21-18(23)17(22)20-10-9-12-3-5-13(19)6-4-12/h3-8,11H,9-10H2,1-2H3,(H,20,22)(H,21,23). The van der Waals surface area contributed by atoms with Gasteiger partial charge in [0.15, 0.2) is 0 Å². The predicted molar refractivity (Wildman–Crippen MR) is 96.3 cm³/mol. The molecular weight excluding hydrogens is 344 g/mol. The van der Waals surface area contributed by atoms with Crippen LogP contribution < -0.4 is 20.1 Å². The summed E-state index contributed by atoms with van der Waals surface area (Å²) in [4.78, 5) is 24.0. The van der Waals surface area contributed by atoms with Crippen molar-refractivity contribution >= 4 is 29.1 Å². The first-order valence-corrected chi connectivity index (χ1v) is 7.97. The van der Waals surface area contributed by atoms with E-state index in [4.69, 9.17) is 21.1 Å². The summed E-state index contributed by atoms with van der Waals surface area (Å²) in [7, 11) is 2.99. The van der Waals surface area contributed by atoms with Crippen LogP contribution in [0, 0.1) is 0 Å². The van der Waals surface area contributed by atoms with Gasteiger partial charge in [-0.3, -0.25) is 9.59 Å². The van der Waals surface area contributed by atoms with E-state index in [0.717, 1.165) is 5.56 Å². The Kier molecular flexibility index (Phi) is 6.65. The van der Waals surface area contributed by atoms with Crippen LogP contribution >= 0.6 is 11.6 Å². The number of halogens is 1. The van der Waals surface area contributed by atoms with E-state index in [2.05, 4.69) is 10.6 Å². The minimum atomic E-state index is -0.775. The first-order valence-electron chi connectivity index (χ1n) is 7.59. The van der Waals surface area contributed by atoms with Gasteiger partial charge in [-0.05, 0) is 36.2 Å². The molecule has 0 heterocycles. The van der Waals surface area contributed by atoms with Crippen LogP contribution in [-0.4, -0.2) is 32.6 Å². The molecule has 0 unspecified atom stereocenters. The number of carbonyl (C=O) groups is 2. The van der Waals surface area contributed by atoms with Crippen molar-refractivity contribution in [3.63, 3.8) is 0 Å². The topological polar surface area (TPSA) is 76.7 Å². The fourth-order valence-electron chi connectivity index (χ4n) is 2.14. The normalized spacial score (nSPS) is 10.0. The maximum Gasteiger partial charge on any atom is 0.313 e. The number of hydrogen-bond acceptors (Lipinski definition) is 4. The lowest BCUT2D eigenvalue weighted by atomic mass is 10.1. The number of carbonyl (C=O) groups excluding carboxylic acids is 2. The molecule has 2 rings (SSSR count). The molecular formula is C18H19ClN2O4. The summed E-state index contributed by atoms with van der Waals surface area (Å²) in [5.41, 5.74) is 1.37. The zero-order valence-corrected chi connectivity index (χ0v) is 14.7. The Balaban J connectivity index is 1.89. The second kappa shape index (κ2) is 8.94. The van der Waals surface area contributed by atoms with E-state index in [0.29, 0.717) is 35.2 Å². The Bertz CT molecular complexity index is 747. The Hall–Kier alpha value is -2.73. The zero-order valence-electron chi connectivity index (χ0n) is 14.0. The van der Waals surface area contributed by atoms with Crippen molar-refractivity contribution < 1.29 is 19.1 Å².